The minimum atomic E-state index is 0.138. The molecule has 0 bridgehead atoms. The lowest BCUT2D eigenvalue weighted by atomic mass is 10.0. The molecule has 0 unspecified atom stereocenters. The molecule has 0 fully saturated rings. The summed E-state index contributed by atoms with van der Waals surface area (Å²) in [5.74, 6) is 1.97. The molecular weight excluding hydrogens is 376 g/mol. The van der Waals surface area contributed by atoms with Gasteiger partial charge in [-0.1, -0.05) is 12.1 Å². The van der Waals surface area contributed by atoms with E-state index in [4.69, 9.17) is 15.1 Å². The molecule has 6 heteroatoms. The van der Waals surface area contributed by atoms with Crippen molar-refractivity contribution in [2.75, 3.05) is 12.4 Å². The SMILES string of the molecule is COc1ccc(CCc2nc3cc(/C(C(C)=N)=C(\C)O)ccn3c2NC(C)C)cc1. The van der Waals surface area contributed by atoms with Crippen molar-refractivity contribution in [3.8, 4) is 5.75 Å². The molecule has 3 aromatic rings. The molecule has 0 saturated heterocycles. The van der Waals surface area contributed by atoms with Gasteiger partial charge in [-0.15, -0.1) is 0 Å². The molecule has 158 valence electrons. The summed E-state index contributed by atoms with van der Waals surface area (Å²) in [5, 5.41) is 21.5. The van der Waals surface area contributed by atoms with E-state index in [9.17, 15) is 5.11 Å². The van der Waals surface area contributed by atoms with Gasteiger partial charge in [0.1, 0.15) is 17.2 Å². The van der Waals surface area contributed by atoms with Crippen LogP contribution in [-0.2, 0) is 12.8 Å². The summed E-state index contributed by atoms with van der Waals surface area (Å²) in [6.07, 6.45) is 3.61. The second-order valence-corrected chi connectivity index (χ2v) is 7.78. The predicted molar refractivity (Wildman–Crippen MR) is 123 cm³/mol. The number of aromatic nitrogens is 2. The van der Waals surface area contributed by atoms with Crippen molar-refractivity contribution in [2.45, 2.75) is 46.6 Å². The van der Waals surface area contributed by atoms with E-state index in [1.807, 2.05) is 34.9 Å². The van der Waals surface area contributed by atoms with Gasteiger partial charge in [0.2, 0.25) is 0 Å². The van der Waals surface area contributed by atoms with Crippen molar-refractivity contribution in [3.63, 3.8) is 0 Å². The third kappa shape index (κ3) is 4.64. The number of anilines is 1. The predicted octanol–water partition coefficient (Wildman–Crippen LogP) is 5.28. The Morgan fingerprint density at radius 2 is 1.87 bits per heavy atom. The lowest BCUT2D eigenvalue weighted by Gasteiger charge is -2.13. The van der Waals surface area contributed by atoms with E-state index < -0.39 is 0 Å². The largest absolute Gasteiger partial charge is 0.512 e. The number of nitrogens with one attached hydrogen (secondary N) is 2. The average Bonchev–Trinajstić information content (AvgIpc) is 3.02. The van der Waals surface area contributed by atoms with Crippen molar-refractivity contribution in [1.29, 1.82) is 5.41 Å². The van der Waals surface area contributed by atoms with Gasteiger partial charge in [0.05, 0.1) is 18.6 Å². The highest BCUT2D eigenvalue weighted by Crippen LogP contribution is 2.26. The van der Waals surface area contributed by atoms with Gasteiger partial charge in [0.15, 0.2) is 0 Å². The van der Waals surface area contributed by atoms with Crippen LogP contribution >= 0.6 is 0 Å². The topological polar surface area (TPSA) is 82.6 Å². The van der Waals surface area contributed by atoms with Crippen LogP contribution in [0.4, 0.5) is 5.82 Å². The van der Waals surface area contributed by atoms with Crippen molar-refractivity contribution >= 4 is 22.7 Å². The number of aliphatic hydroxyl groups excluding tert-OH is 1. The average molecular weight is 407 g/mol. The zero-order chi connectivity index (χ0) is 21.8. The number of ether oxygens (including phenoxy) is 1. The maximum Gasteiger partial charge on any atom is 0.139 e. The molecule has 2 aromatic heterocycles. The summed E-state index contributed by atoms with van der Waals surface area (Å²) < 4.78 is 7.27. The van der Waals surface area contributed by atoms with Crippen LogP contribution in [0.5, 0.6) is 5.75 Å². The first kappa shape index (κ1) is 21.4. The Bertz CT molecular complexity index is 1070. The van der Waals surface area contributed by atoms with Crippen molar-refractivity contribution in [1.82, 2.24) is 9.38 Å². The van der Waals surface area contributed by atoms with E-state index in [-0.39, 0.29) is 11.8 Å². The molecule has 0 atom stereocenters. The molecule has 0 aliphatic rings. The van der Waals surface area contributed by atoms with Crippen molar-refractivity contribution in [3.05, 3.63) is 65.2 Å². The number of methoxy groups -OCH3 is 1. The first-order valence-electron chi connectivity index (χ1n) is 10.2. The first-order chi connectivity index (χ1) is 14.3. The maximum absolute atomic E-state index is 10.0. The first-order valence-corrected chi connectivity index (χ1v) is 10.2. The summed E-state index contributed by atoms with van der Waals surface area (Å²) in [5.41, 5.74) is 4.67. The zero-order valence-corrected chi connectivity index (χ0v) is 18.3. The van der Waals surface area contributed by atoms with Gasteiger partial charge in [0.25, 0.3) is 0 Å². The number of aryl methyl sites for hydroxylation is 2. The van der Waals surface area contributed by atoms with Crippen LogP contribution in [0.3, 0.4) is 0 Å². The van der Waals surface area contributed by atoms with Crippen LogP contribution in [0.15, 0.2) is 48.4 Å². The number of hydrogen-bond donors (Lipinski definition) is 3. The van der Waals surface area contributed by atoms with Gasteiger partial charge in [-0.25, -0.2) is 4.98 Å². The molecule has 2 heterocycles. The van der Waals surface area contributed by atoms with Crippen LogP contribution in [0, 0.1) is 5.41 Å². The van der Waals surface area contributed by atoms with E-state index in [0.29, 0.717) is 11.3 Å². The van der Waals surface area contributed by atoms with Crippen LogP contribution in [0.2, 0.25) is 0 Å². The maximum atomic E-state index is 10.0. The summed E-state index contributed by atoms with van der Waals surface area (Å²) in [7, 11) is 1.67. The molecule has 0 aliphatic carbocycles. The molecule has 1 aromatic carbocycles. The second kappa shape index (κ2) is 9.03. The fraction of sp³-hybridized carbons (Fsp3) is 0.333. The zero-order valence-electron chi connectivity index (χ0n) is 18.3. The van der Waals surface area contributed by atoms with Gasteiger partial charge in [-0.3, -0.25) is 4.40 Å². The molecule has 0 aliphatic heterocycles. The van der Waals surface area contributed by atoms with Crippen molar-refractivity contribution < 1.29 is 9.84 Å². The molecule has 30 heavy (non-hydrogen) atoms. The normalized spacial score (nSPS) is 12.2. The third-order valence-electron chi connectivity index (χ3n) is 4.96. The Labute approximate surface area is 177 Å². The molecule has 0 amide bonds. The number of hydrogen-bond acceptors (Lipinski definition) is 5. The van der Waals surface area contributed by atoms with E-state index in [1.165, 1.54) is 5.56 Å². The highest BCUT2D eigenvalue weighted by atomic mass is 16.5. The highest BCUT2D eigenvalue weighted by Gasteiger charge is 2.16. The van der Waals surface area contributed by atoms with Crippen LogP contribution < -0.4 is 10.1 Å². The number of nitrogens with zero attached hydrogens (tertiary/aromatic N) is 2. The summed E-state index contributed by atoms with van der Waals surface area (Å²) in [4.78, 5) is 4.88. The van der Waals surface area contributed by atoms with Gasteiger partial charge < -0.3 is 20.6 Å². The van der Waals surface area contributed by atoms with Crippen LogP contribution in [0.1, 0.15) is 44.5 Å². The van der Waals surface area contributed by atoms with Crippen molar-refractivity contribution in [2.24, 2.45) is 0 Å². The quantitative estimate of drug-likeness (QED) is 0.351. The number of rotatable bonds is 8. The van der Waals surface area contributed by atoms with Gasteiger partial charge in [-0.2, -0.15) is 0 Å². The third-order valence-corrected chi connectivity index (χ3v) is 4.96. The lowest BCUT2D eigenvalue weighted by molar-refractivity contribution is 0.414. The fourth-order valence-corrected chi connectivity index (χ4v) is 3.60. The molecule has 0 spiro atoms. The van der Waals surface area contributed by atoms with Gasteiger partial charge >= 0.3 is 0 Å². The fourth-order valence-electron chi connectivity index (χ4n) is 3.60. The Balaban J connectivity index is 1.97. The van der Waals surface area contributed by atoms with Crippen LogP contribution in [0.25, 0.3) is 11.2 Å². The van der Waals surface area contributed by atoms with Gasteiger partial charge in [-0.05, 0) is 75.9 Å². The number of aliphatic hydroxyl groups is 1. The highest BCUT2D eigenvalue weighted by molar-refractivity contribution is 6.21. The molecule has 6 nitrogen and oxygen atoms in total. The Hall–Kier alpha value is -3.28. The van der Waals surface area contributed by atoms with E-state index >= 15 is 0 Å². The molecule has 3 N–H and O–H groups in total. The van der Waals surface area contributed by atoms with E-state index in [0.717, 1.165) is 41.3 Å². The monoisotopic (exact) mass is 406 g/mol. The standard InChI is InChI=1S/C24H30N4O2/c1-15(2)26-24-21(11-8-18-6-9-20(30-5)10-7-18)27-22-14-19(12-13-28(22)24)23(16(3)25)17(4)29/h6-7,9-10,12-15,25-26,29H,8,11H2,1-5H3/b23-17+,25-16?. The number of fused-ring (bicyclic) bond motifs is 1. The second-order valence-electron chi connectivity index (χ2n) is 7.78. The summed E-state index contributed by atoms with van der Waals surface area (Å²) in [6, 6.07) is 12.2. The minimum absolute atomic E-state index is 0.138. The number of pyridine rings is 1. The Kier molecular flexibility index (Phi) is 6.45. The Morgan fingerprint density at radius 1 is 1.17 bits per heavy atom. The minimum Gasteiger partial charge on any atom is -0.512 e. The smallest absolute Gasteiger partial charge is 0.139 e. The molecule has 0 saturated carbocycles. The molecular formula is C24H30N4O2. The Morgan fingerprint density at radius 3 is 2.43 bits per heavy atom. The summed E-state index contributed by atoms with van der Waals surface area (Å²) in [6.45, 7) is 7.50. The van der Waals surface area contributed by atoms with E-state index in [1.54, 1.807) is 21.0 Å². The van der Waals surface area contributed by atoms with Gasteiger partial charge in [0, 0.05) is 23.5 Å². The number of benzene rings is 1. The van der Waals surface area contributed by atoms with Crippen LogP contribution in [-0.4, -0.2) is 33.4 Å². The number of allylic oxidation sites excluding steroid dienone is 2. The summed E-state index contributed by atoms with van der Waals surface area (Å²) >= 11 is 0. The van der Waals surface area contributed by atoms with E-state index in [2.05, 4.69) is 31.3 Å². The molecule has 3 rings (SSSR count). The lowest BCUT2D eigenvalue weighted by Crippen LogP contribution is -2.13. The molecule has 0 radical (unpaired) electrons. The number of imidazole rings is 1.